The molecule has 0 aromatic heterocycles. The van der Waals surface area contributed by atoms with Crippen molar-refractivity contribution < 1.29 is 19.1 Å². The van der Waals surface area contributed by atoms with Gasteiger partial charge in [0.05, 0.1) is 19.6 Å². The summed E-state index contributed by atoms with van der Waals surface area (Å²) in [6.45, 7) is 5.65. The van der Waals surface area contributed by atoms with E-state index in [4.69, 9.17) is 4.74 Å². The molecule has 0 aromatic carbocycles. The van der Waals surface area contributed by atoms with Gasteiger partial charge in [0.1, 0.15) is 0 Å². The van der Waals surface area contributed by atoms with Crippen LogP contribution in [0.1, 0.15) is 32.6 Å². The Bertz CT molecular complexity index is 309. The Kier molecular flexibility index (Phi) is 5.19. The third-order valence-corrected chi connectivity index (χ3v) is 3.19. The molecule has 0 bridgehead atoms. The minimum absolute atomic E-state index is 0.0599. The molecule has 4 nitrogen and oxygen atoms in total. The number of ether oxygens (including phenoxy) is 2. The van der Waals surface area contributed by atoms with Gasteiger partial charge in [0.2, 0.25) is 0 Å². The summed E-state index contributed by atoms with van der Waals surface area (Å²) in [5.41, 5.74) is 0.433. The van der Waals surface area contributed by atoms with Crippen molar-refractivity contribution in [2.45, 2.75) is 32.6 Å². The Morgan fingerprint density at radius 2 is 2.06 bits per heavy atom. The van der Waals surface area contributed by atoms with Crippen molar-refractivity contribution in [1.29, 1.82) is 0 Å². The fourth-order valence-electron chi connectivity index (χ4n) is 2.19. The predicted molar refractivity (Wildman–Crippen MR) is 63.2 cm³/mol. The second kappa shape index (κ2) is 6.42. The van der Waals surface area contributed by atoms with Gasteiger partial charge in [0, 0.05) is 11.5 Å². The molecule has 1 aliphatic carbocycles. The molecule has 2 unspecified atom stereocenters. The molecular weight excluding hydrogens is 220 g/mol. The van der Waals surface area contributed by atoms with E-state index in [1.165, 1.54) is 26.4 Å². The van der Waals surface area contributed by atoms with Crippen LogP contribution in [0.3, 0.4) is 0 Å². The molecule has 1 saturated carbocycles. The number of fused-ring (bicyclic) bond motifs is 1. The van der Waals surface area contributed by atoms with E-state index in [2.05, 4.69) is 11.3 Å². The molecule has 1 heterocycles. The summed E-state index contributed by atoms with van der Waals surface area (Å²) in [4.78, 5) is 21.2. The minimum Gasteiger partial charge on any atom is -0.466 e. The molecule has 2 atom stereocenters. The molecular formula is C13H20O4. The molecule has 0 amide bonds. The largest absolute Gasteiger partial charge is 0.466 e. The zero-order valence-electron chi connectivity index (χ0n) is 10.5. The molecule has 0 radical (unpaired) electrons. The fraction of sp³-hybridized carbons (Fsp3) is 0.692. The molecule has 2 aliphatic rings. The van der Waals surface area contributed by atoms with Crippen LogP contribution in [0, 0.1) is 11.8 Å². The first-order valence-electron chi connectivity index (χ1n) is 5.96. The van der Waals surface area contributed by atoms with Crippen LogP contribution in [0.4, 0.5) is 0 Å². The molecule has 17 heavy (non-hydrogen) atoms. The smallest absolute Gasteiger partial charge is 0.332 e. The van der Waals surface area contributed by atoms with E-state index in [0.29, 0.717) is 18.1 Å². The van der Waals surface area contributed by atoms with Crippen LogP contribution in [0.2, 0.25) is 0 Å². The molecule has 4 heteroatoms. The quantitative estimate of drug-likeness (QED) is 0.520. The summed E-state index contributed by atoms with van der Waals surface area (Å²) >= 11 is 0. The minimum atomic E-state index is -0.347. The number of carbonyl (C=O) groups is 2. The van der Waals surface area contributed by atoms with Crippen LogP contribution in [-0.4, -0.2) is 25.7 Å². The average molecular weight is 240 g/mol. The number of esters is 2. The van der Waals surface area contributed by atoms with Gasteiger partial charge in [-0.25, -0.2) is 4.79 Å². The summed E-state index contributed by atoms with van der Waals surface area (Å²) in [6, 6.07) is 0. The standard InChI is InChI=1S/C8H12O2.C5H8O2/c9-8-7-4-2-1-3-6(7)5-10-8;1-4(2)5(6)7-3/h6-7H,1-5H2;1H2,2-3H3. The molecule has 1 aliphatic heterocycles. The number of hydrogen-bond acceptors (Lipinski definition) is 4. The summed E-state index contributed by atoms with van der Waals surface area (Å²) in [5, 5.41) is 0. The van der Waals surface area contributed by atoms with Crippen molar-refractivity contribution in [1.82, 2.24) is 0 Å². The van der Waals surface area contributed by atoms with Gasteiger partial charge in [-0.15, -0.1) is 0 Å². The molecule has 96 valence electrons. The van der Waals surface area contributed by atoms with Crippen LogP contribution < -0.4 is 0 Å². The highest BCUT2D eigenvalue weighted by molar-refractivity contribution is 5.86. The van der Waals surface area contributed by atoms with Crippen molar-refractivity contribution in [2.75, 3.05) is 13.7 Å². The molecule has 2 fully saturated rings. The van der Waals surface area contributed by atoms with E-state index in [1.807, 2.05) is 0 Å². The lowest BCUT2D eigenvalue weighted by Crippen LogP contribution is -2.19. The Balaban J connectivity index is 0.000000185. The Morgan fingerprint density at radius 3 is 2.53 bits per heavy atom. The lowest BCUT2D eigenvalue weighted by Gasteiger charge is -2.19. The first-order valence-corrected chi connectivity index (χ1v) is 5.96. The number of methoxy groups -OCH3 is 1. The molecule has 2 rings (SSSR count). The lowest BCUT2D eigenvalue weighted by atomic mass is 9.81. The first kappa shape index (κ1) is 13.7. The third kappa shape index (κ3) is 3.88. The van der Waals surface area contributed by atoms with Gasteiger partial charge in [0.25, 0.3) is 0 Å². The van der Waals surface area contributed by atoms with Crippen molar-refractivity contribution in [2.24, 2.45) is 11.8 Å². The van der Waals surface area contributed by atoms with Crippen molar-refractivity contribution in [3.05, 3.63) is 12.2 Å². The summed E-state index contributed by atoms with van der Waals surface area (Å²) in [6.07, 6.45) is 4.79. The topological polar surface area (TPSA) is 52.6 Å². The molecule has 0 aromatic rings. The van der Waals surface area contributed by atoms with Crippen molar-refractivity contribution >= 4 is 11.9 Å². The molecule has 0 spiro atoms. The van der Waals surface area contributed by atoms with E-state index < -0.39 is 0 Å². The van der Waals surface area contributed by atoms with Gasteiger partial charge < -0.3 is 9.47 Å². The van der Waals surface area contributed by atoms with Crippen molar-refractivity contribution in [3.63, 3.8) is 0 Å². The van der Waals surface area contributed by atoms with E-state index in [0.717, 1.165) is 6.42 Å². The Hall–Kier alpha value is -1.32. The zero-order valence-corrected chi connectivity index (χ0v) is 10.5. The van der Waals surface area contributed by atoms with Crippen LogP contribution in [0.5, 0.6) is 0 Å². The SMILES string of the molecule is C=C(C)C(=O)OC.O=C1OCC2CCCCC12. The lowest BCUT2D eigenvalue weighted by molar-refractivity contribution is -0.141. The van der Waals surface area contributed by atoms with Crippen molar-refractivity contribution in [3.8, 4) is 0 Å². The molecule has 1 saturated heterocycles. The molecule has 0 N–H and O–H groups in total. The van der Waals surface area contributed by atoms with Crippen LogP contribution in [-0.2, 0) is 19.1 Å². The highest BCUT2D eigenvalue weighted by Gasteiger charge is 2.37. The summed E-state index contributed by atoms with van der Waals surface area (Å²) in [7, 11) is 1.33. The number of carbonyl (C=O) groups excluding carboxylic acids is 2. The van der Waals surface area contributed by atoms with E-state index in [1.54, 1.807) is 6.92 Å². The summed E-state index contributed by atoms with van der Waals surface area (Å²) in [5.74, 6) is 0.555. The third-order valence-electron chi connectivity index (χ3n) is 3.19. The van der Waals surface area contributed by atoms with Crippen LogP contribution in [0.25, 0.3) is 0 Å². The second-order valence-electron chi connectivity index (χ2n) is 4.55. The highest BCUT2D eigenvalue weighted by Crippen LogP contribution is 2.35. The van der Waals surface area contributed by atoms with Gasteiger partial charge in [-0.05, 0) is 19.8 Å². The monoisotopic (exact) mass is 240 g/mol. The number of rotatable bonds is 1. The number of cyclic esters (lactones) is 1. The van der Waals surface area contributed by atoms with Crippen LogP contribution in [0.15, 0.2) is 12.2 Å². The number of hydrogen-bond donors (Lipinski definition) is 0. The maximum absolute atomic E-state index is 11.0. The van der Waals surface area contributed by atoms with Gasteiger partial charge >= 0.3 is 11.9 Å². The average Bonchev–Trinajstić information content (AvgIpc) is 2.71. The van der Waals surface area contributed by atoms with Gasteiger partial charge in [-0.1, -0.05) is 19.4 Å². The van der Waals surface area contributed by atoms with Gasteiger partial charge in [-0.2, -0.15) is 0 Å². The van der Waals surface area contributed by atoms with E-state index >= 15 is 0 Å². The normalized spacial score (nSPS) is 26.1. The second-order valence-corrected chi connectivity index (χ2v) is 4.55. The zero-order chi connectivity index (χ0) is 12.8. The van der Waals surface area contributed by atoms with Gasteiger partial charge in [-0.3, -0.25) is 4.79 Å². The highest BCUT2D eigenvalue weighted by atomic mass is 16.5. The van der Waals surface area contributed by atoms with E-state index in [9.17, 15) is 9.59 Å². The van der Waals surface area contributed by atoms with Crippen LogP contribution >= 0.6 is 0 Å². The van der Waals surface area contributed by atoms with Gasteiger partial charge in [0.15, 0.2) is 0 Å². The fourth-order valence-corrected chi connectivity index (χ4v) is 2.19. The first-order chi connectivity index (χ1) is 8.06. The Labute approximate surface area is 102 Å². The summed E-state index contributed by atoms with van der Waals surface area (Å²) < 4.78 is 9.23. The Morgan fingerprint density at radius 1 is 1.41 bits per heavy atom. The van der Waals surface area contributed by atoms with E-state index in [-0.39, 0.29) is 17.9 Å². The maximum atomic E-state index is 11.0. The maximum Gasteiger partial charge on any atom is 0.332 e. The predicted octanol–water partition coefficient (Wildman–Crippen LogP) is 2.09.